The van der Waals surface area contributed by atoms with Crippen molar-refractivity contribution in [1.29, 1.82) is 0 Å². The number of hydrazine groups is 1. The second-order valence-electron chi connectivity index (χ2n) is 11.2. The molecule has 3 fully saturated rings. The molecule has 2 aromatic rings. The molecular formula is C28H21BrCl3F3N4O5. The number of nitrogens with zero attached hydrogens (tertiary/aromatic N) is 4. The number of allylic oxidation sites excluding steroid dienone is 2. The molecule has 0 radical (unpaired) electrons. The maximum Gasteiger partial charge on any atom is 0.433 e. The number of hydrogen-bond acceptors (Lipinski definition) is 7. The largest absolute Gasteiger partial charge is 0.508 e. The predicted molar refractivity (Wildman–Crippen MR) is 156 cm³/mol. The molecule has 0 bridgehead atoms. The third kappa shape index (κ3) is 4.08. The van der Waals surface area contributed by atoms with Crippen molar-refractivity contribution >= 4 is 80.2 Å². The van der Waals surface area contributed by atoms with Gasteiger partial charge in [0.25, 0.3) is 23.6 Å². The third-order valence-electron chi connectivity index (χ3n) is 9.02. The van der Waals surface area contributed by atoms with Gasteiger partial charge in [-0.1, -0.05) is 39.2 Å². The van der Waals surface area contributed by atoms with Gasteiger partial charge in [-0.05, 0) is 49.1 Å². The third-order valence-corrected chi connectivity index (χ3v) is 11.2. The van der Waals surface area contributed by atoms with Crippen LogP contribution in [0.5, 0.6) is 5.75 Å². The van der Waals surface area contributed by atoms with E-state index in [1.807, 2.05) is 0 Å². The van der Waals surface area contributed by atoms with Crippen molar-refractivity contribution in [3.8, 4) is 5.75 Å². The van der Waals surface area contributed by atoms with Crippen LogP contribution in [0.4, 0.5) is 19.0 Å². The lowest BCUT2D eigenvalue weighted by atomic mass is 9.56. The summed E-state index contributed by atoms with van der Waals surface area (Å²) in [5, 5.41) is 12.3. The van der Waals surface area contributed by atoms with Crippen LogP contribution in [0.1, 0.15) is 30.0 Å². The highest BCUT2D eigenvalue weighted by molar-refractivity contribution is 9.10. The molecular weight excluding hydrogens is 716 g/mol. The van der Waals surface area contributed by atoms with Gasteiger partial charge in [0, 0.05) is 30.0 Å². The van der Waals surface area contributed by atoms with Gasteiger partial charge in [-0.3, -0.25) is 29.1 Å². The summed E-state index contributed by atoms with van der Waals surface area (Å²) >= 11 is 23.7. The van der Waals surface area contributed by atoms with E-state index in [0.717, 1.165) is 16.0 Å². The first-order valence-corrected chi connectivity index (χ1v) is 15.1. The quantitative estimate of drug-likeness (QED) is 0.260. The standard InChI is InChI=1S/C28H21BrCl3F3N4O5/c1-37-24(43)26(31)10-15-12(20(27(26,32)25(37)44)14-9-11(29)3-7-17(14)40)4-5-13-19(15)23(42)39(22(13)41)38(2)21-16(30)6-8-18(36-21)28(33,34)35/h3-4,6-9,13,15,19-20,40H,5,10H2,1-2H3. The maximum absolute atomic E-state index is 14.1. The van der Waals surface area contributed by atoms with Crippen LogP contribution in [-0.4, -0.2) is 67.5 Å². The molecule has 2 aliphatic heterocycles. The molecule has 44 heavy (non-hydrogen) atoms. The number of phenolic OH excluding ortho intramolecular Hbond substituents is 1. The Morgan fingerprint density at radius 3 is 2.41 bits per heavy atom. The van der Waals surface area contributed by atoms with Crippen LogP contribution in [0.3, 0.4) is 0 Å². The zero-order chi connectivity index (χ0) is 32.3. The summed E-state index contributed by atoms with van der Waals surface area (Å²) in [6, 6.07) is 6.12. The monoisotopic (exact) mass is 734 g/mol. The number of fused-ring (bicyclic) bond motifs is 4. The molecule has 1 saturated carbocycles. The summed E-state index contributed by atoms with van der Waals surface area (Å²) in [4.78, 5) is 55.2. The summed E-state index contributed by atoms with van der Waals surface area (Å²) in [6.07, 6.45) is -3.45. The molecule has 4 amide bonds. The molecule has 16 heteroatoms. The predicted octanol–water partition coefficient (Wildman–Crippen LogP) is 5.26. The Morgan fingerprint density at radius 2 is 1.75 bits per heavy atom. The molecule has 9 nitrogen and oxygen atoms in total. The number of rotatable bonds is 3. The maximum atomic E-state index is 14.1. The molecule has 3 heterocycles. The van der Waals surface area contributed by atoms with E-state index in [1.165, 1.54) is 26.2 Å². The van der Waals surface area contributed by atoms with E-state index >= 15 is 0 Å². The van der Waals surface area contributed by atoms with Gasteiger partial charge in [0.2, 0.25) is 0 Å². The van der Waals surface area contributed by atoms with Crippen LogP contribution >= 0.6 is 50.7 Å². The van der Waals surface area contributed by atoms with Gasteiger partial charge in [0.05, 0.1) is 16.9 Å². The van der Waals surface area contributed by atoms with Crippen LogP contribution < -0.4 is 5.01 Å². The first kappa shape index (κ1) is 31.1. The lowest BCUT2D eigenvalue weighted by Gasteiger charge is -2.50. The smallest absolute Gasteiger partial charge is 0.433 e. The number of benzene rings is 1. The summed E-state index contributed by atoms with van der Waals surface area (Å²) in [7, 11) is 2.43. The number of alkyl halides is 5. The number of amides is 4. The zero-order valence-electron chi connectivity index (χ0n) is 22.7. The highest BCUT2D eigenvalue weighted by Gasteiger charge is 2.76. The number of carbonyl (C=O) groups excluding carboxylic acids is 4. The number of aromatic nitrogens is 1. The van der Waals surface area contributed by atoms with Gasteiger partial charge < -0.3 is 5.11 Å². The Morgan fingerprint density at radius 1 is 1.07 bits per heavy atom. The number of phenols is 1. The van der Waals surface area contributed by atoms with Gasteiger partial charge >= 0.3 is 6.18 Å². The van der Waals surface area contributed by atoms with Crippen LogP contribution in [0.25, 0.3) is 0 Å². The zero-order valence-corrected chi connectivity index (χ0v) is 26.6. The number of likely N-dealkylation sites (tertiary alicyclic amines) is 1. The van der Waals surface area contributed by atoms with E-state index in [2.05, 4.69) is 20.9 Å². The van der Waals surface area contributed by atoms with Gasteiger partial charge in [-0.25, -0.2) is 4.98 Å². The Balaban J connectivity index is 1.47. The normalized spacial score (nSPS) is 31.6. The number of hydrogen-bond donors (Lipinski definition) is 1. The molecule has 1 aromatic heterocycles. The minimum Gasteiger partial charge on any atom is -0.508 e. The van der Waals surface area contributed by atoms with Crippen molar-refractivity contribution < 1.29 is 37.5 Å². The van der Waals surface area contributed by atoms with E-state index in [1.54, 1.807) is 12.1 Å². The molecule has 6 atom stereocenters. The van der Waals surface area contributed by atoms with Crippen molar-refractivity contribution in [3.63, 3.8) is 0 Å². The minimum absolute atomic E-state index is 0.000656. The minimum atomic E-state index is -4.82. The van der Waals surface area contributed by atoms with E-state index in [-0.39, 0.29) is 29.2 Å². The van der Waals surface area contributed by atoms with Gasteiger partial charge in [0.1, 0.15) is 11.4 Å². The highest BCUT2D eigenvalue weighted by atomic mass is 79.9. The number of anilines is 1. The summed E-state index contributed by atoms with van der Waals surface area (Å²) in [5.41, 5.74) is -0.663. The fourth-order valence-electron chi connectivity index (χ4n) is 7.04. The highest BCUT2D eigenvalue weighted by Crippen LogP contribution is 2.66. The van der Waals surface area contributed by atoms with Gasteiger partial charge in [0.15, 0.2) is 15.6 Å². The van der Waals surface area contributed by atoms with Crippen molar-refractivity contribution in [2.45, 2.75) is 34.7 Å². The van der Waals surface area contributed by atoms with Gasteiger partial charge in [-0.2, -0.15) is 18.2 Å². The number of aromatic hydroxyl groups is 1. The molecule has 2 aliphatic carbocycles. The van der Waals surface area contributed by atoms with Crippen molar-refractivity contribution in [2.75, 3.05) is 19.1 Å². The first-order chi connectivity index (χ1) is 20.4. The van der Waals surface area contributed by atoms with Gasteiger partial charge in [-0.15, -0.1) is 23.2 Å². The van der Waals surface area contributed by atoms with Crippen molar-refractivity contribution in [2.24, 2.45) is 17.8 Å². The lowest BCUT2D eigenvalue weighted by molar-refractivity contribution is -0.141. The average Bonchev–Trinajstić information content (AvgIpc) is 3.28. The molecule has 6 rings (SSSR count). The van der Waals surface area contributed by atoms with Crippen LogP contribution in [0.15, 0.2) is 46.5 Å². The Kier molecular flexibility index (Phi) is 7.12. The summed E-state index contributed by atoms with van der Waals surface area (Å²) in [6.45, 7) is 0. The molecule has 232 valence electrons. The molecule has 2 saturated heterocycles. The fourth-order valence-corrected chi connectivity index (χ4v) is 8.65. The first-order valence-electron chi connectivity index (χ1n) is 13.2. The Hall–Kier alpha value is -2.87. The van der Waals surface area contributed by atoms with Crippen LogP contribution in [0, 0.1) is 17.8 Å². The topological polar surface area (TPSA) is 111 Å². The van der Waals surface area contributed by atoms with E-state index in [0.29, 0.717) is 21.1 Å². The lowest BCUT2D eigenvalue weighted by Crippen LogP contribution is -2.60. The van der Waals surface area contributed by atoms with E-state index in [4.69, 9.17) is 34.8 Å². The Labute approximate surface area is 271 Å². The number of imide groups is 2. The summed E-state index contributed by atoms with van der Waals surface area (Å²) in [5.74, 6) is -8.00. The van der Waals surface area contributed by atoms with Crippen molar-refractivity contribution in [3.05, 3.63) is 62.7 Å². The SMILES string of the molecule is CN1C(=O)C2(Cl)CC3C(=CCC4C(=O)N(N(C)c5nc(C(F)(F)F)ccc5Cl)C(=O)C43)C(c3cc(Br)ccc3O)C2(Cl)C1=O. The molecule has 6 unspecified atom stereocenters. The molecule has 1 N–H and O–H groups in total. The fraction of sp³-hybridized carbons (Fsp3) is 0.393. The second kappa shape index (κ2) is 10.1. The van der Waals surface area contributed by atoms with Crippen LogP contribution in [0.2, 0.25) is 5.02 Å². The number of carbonyl (C=O) groups is 4. The molecule has 0 spiro atoms. The van der Waals surface area contributed by atoms with E-state index < -0.39 is 74.7 Å². The van der Waals surface area contributed by atoms with E-state index in [9.17, 15) is 37.5 Å². The molecule has 1 aromatic carbocycles. The van der Waals surface area contributed by atoms with Crippen LogP contribution in [-0.2, 0) is 25.4 Å². The average molecular weight is 737 g/mol. The summed E-state index contributed by atoms with van der Waals surface area (Å²) < 4.78 is 40.8. The molecule has 4 aliphatic rings. The van der Waals surface area contributed by atoms with Crippen molar-refractivity contribution in [1.82, 2.24) is 14.9 Å². The number of halogens is 7. The Bertz CT molecular complexity index is 1710. The number of pyridine rings is 1. The second-order valence-corrected chi connectivity index (χ2v) is 13.8.